The molecule has 2 aromatic carbocycles. The van der Waals surface area contributed by atoms with Crippen molar-refractivity contribution >= 4 is 11.8 Å². The van der Waals surface area contributed by atoms with Gasteiger partial charge in [-0.1, -0.05) is 30.3 Å². The number of phenols is 2. The molecular weight excluding hydrogens is 322 g/mol. The Bertz CT molecular complexity index is 706. The van der Waals surface area contributed by atoms with Gasteiger partial charge in [-0.3, -0.25) is 4.90 Å². The molecule has 0 radical (unpaired) electrons. The zero-order valence-electron chi connectivity index (χ0n) is 13.8. The Kier molecular flexibility index (Phi) is 5.33. The van der Waals surface area contributed by atoms with Crippen molar-refractivity contribution in [3.05, 3.63) is 53.1 Å². The normalized spacial score (nSPS) is 18.2. The van der Waals surface area contributed by atoms with Gasteiger partial charge in [-0.15, -0.1) is 11.8 Å². The molecule has 1 aliphatic heterocycles. The number of aromatic hydroxyl groups is 2. The van der Waals surface area contributed by atoms with Crippen molar-refractivity contribution in [1.82, 2.24) is 4.90 Å². The van der Waals surface area contributed by atoms with Crippen LogP contribution >= 0.6 is 11.8 Å². The Morgan fingerprint density at radius 1 is 1.21 bits per heavy atom. The molecule has 5 heteroatoms. The first-order valence-corrected chi connectivity index (χ1v) is 9.38. The van der Waals surface area contributed by atoms with Crippen LogP contribution in [-0.2, 0) is 6.42 Å². The second-order valence-corrected chi connectivity index (χ2v) is 6.90. The average molecular weight is 345 g/mol. The molecule has 1 heterocycles. The van der Waals surface area contributed by atoms with E-state index in [4.69, 9.17) is 0 Å². The Balaban J connectivity index is 2.14. The van der Waals surface area contributed by atoms with Gasteiger partial charge in [0, 0.05) is 25.6 Å². The molecular formula is C19H23NO3S. The first-order valence-electron chi connectivity index (χ1n) is 8.15. The van der Waals surface area contributed by atoms with Gasteiger partial charge in [0.05, 0.1) is 11.5 Å². The minimum absolute atomic E-state index is 0.0244. The Morgan fingerprint density at radius 2 is 1.96 bits per heavy atom. The van der Waals surface area contributed by atoms with Crippen molar-refractivity contribution < 1.29 is 15.3 Å². The lowest BCUT2D eigenvalue weighted by Crippen LogP contribution is -2.31. The maximum absolute atomic E-state index is 10.2. The third-order valence-electron chi connectivity index (χ3n) is 4.69. The molecule has 4 nitrogen and oxygen atoms in total. The fourth-order valence-corrected chi connectivity index (χ4v) is 4.28. The molecule has 0 spiro atoms. The zero-order valence-corrected chi connectivity index (χ0v) is 14.6. The summed E-state index contributed by atoms with van der Waals surface area (Å²) in [6.45, 7) is 2.37. The van der Waals surface area contributed by atoms with E-state index in [0.717, 1.165) is 35.5 Å². The number of β-amino-alcohol motifs (C(OH)–C–C–N with tert-alkyl or cyclic N) is 1. The van der Waals surface area contributed by atoms with E-state index in [1.54, 1.807) is 6.07 Å². The molecule has 1 atom stereocenters. The summed E-state index contributed by atoms with van der Waals surface area (Å²) in [5.41, 5.74) is 3.36. The summed E-state index contributed by atoms with van der Waals surface area (Å²) >= 11 is 1.47. The van der Waals surface area contributed by atoms with Crippen LogP contribution in [0.2, 0.25) is 0 Å². The van der Waals surface area contributed by atoms with E-state index in [-0.39, 0.29) is 24.0 Å². The van der Waals surface area contributed by atoms with E-state index in [2.05, 4.69) is 17.0 Å². The zero-order chi connectivity index (χ0) is 17.1. The largest absolute Gasteiger partial charge is 0.504 e. The van der Waals surface area contributed by atoms with Gasteiger partial charge < -0.3 is 15.3 Å². The fourth-order valence-electron chi connectivity index (χ4n) is 3.51. The monoisotopic (exact) mass is 345 g/mol. The number of thioether (sulfide) groups is 1. The van der Waals surface area contributed by atoms with Crippen LogP contribution in [-0.4, -0.2) is 52.7 Å². The molecule has 3 N–H and O–H groups in total. The summed E-state index contributed by atoms with van der Waals surface area (Å²) < 4.78 is 0. The second kappa shape index (κ2) is 7.47. The molecule has 0 saturated carbocycles. The third kappa shape index (κ3) is 3.24. The first kappa shape index (κ1) is 17.1. The molecule has 0 saturated heterocycles. The average Bonchev–Trinajstić information content (AvgIpc) is 2.77. The van der Waals surface area contributed by atoms with Crippen LogP contribution in [0.4, 0.5) is 0 Å². The predicted octanol–water partition coefficient (Wildman–Crippen LogP) is 2.80. The number of aliphatic hydroxyl groups excluding tert-OH is 1. The molecule has 0 aromatic heterocycles. The van der Waals surface area contributed by atoms with Gasteiger partial charge in [0.2, 0.25) is 0 Å². The van der Waals surface area contributed by atoms with Crippen LogP contribution in [0.1, 0.15) is 22.6 Å². The quantitative estimate of drug-likeness (QED) is 0.587. The first-order chi connectivity index (χ1) is 11.7. The van der Waals surface area contributed by atoms with Crippen molar-refractivity contribution in [1.29, 1.82) is 0 Å². The van der Waals surface area contributed by atoms with Crippen molar-refractivity contribution in [3.8, 4) is 11.5 Å². The number of fused-ring (bicyclic) bond motifs is 1. The summed E-state index contributed by atoms with van der Waals surface area (Å²) in [5.74, 6) is 0.0194. The number of nitrogens with zero attached hydrogens (tertiary/aromatic N) is 1. The van der Waals surface area contributed by atoms with E-state index in [1.807, 2.05) is 24.5 Å². The highest BCUT2D eigenvalue weighted by atomic mass is 32.2. The highest BCUT2D eigenvalue weighted by Crippen LogP contribution is 2.44. The number of rotatable bonds is 4. The van der Waals surface area contributed by atoms with Gasteiger partial charge >= 0.3 is 0 Å². The van der Waals surface area contributed by atoms with Crippen LogP contribution in [0, 0.1) is 0 Å². The van der Waals surface area contributed by atoms with Crippen LogP contribution < -0.4 is 0 Å². The van der Waals surface area contributed by atoms with Crippen LogP contribution in [0.15, 0.2) is 41.3 Å². The number of hydrogen-bond acceptors (Lipinski definition) is 5. The van der Waals surface area contributed by atoms with Gasteiger partial charge in [0.15, 0.2) is 11.5 Å². The Hall–Kier alpha value is -1.69. The predicted molar refractivity (Wildman–Crippen MR) is 97.1 cm³/mol. The van der Waals surface area contributed by atoms with E-state index < -0.39 is 0 Å². The third-order valence-corrected chi connectivity index (χ3v) is 5.54. The summed E-state index contributed by atoms with van der Waals surface area (Å²) in [6, 6.07) is 11.9. The lowest BCUT2D eigenvalue weighted by molar-refractivity contribution is 0.197. The van der Waals surface area contributed by atoms with Gasteiger partial charge in [0.25, 0.3) is 0 Å². The number of phenolic OH excluding ortho intramolecular Hbond substituents is 2. The summed E-state index contributed by atoms with van der Waals surface area (Å²) in [6.07, 6.45) is 2.71. The molecule has 0 aliphatic carbocycles. The van der Waals surface area contributed by atoms with Gasteiger partial charge in [-0.25, -0.2) is 0 Å². The number of aliphatic hydroxyl groups is 1. The maximum atomic E-state index is 10.2. The molecule has 0 bridgehead atoms. The van der Waals surface area contributed by atoms with E-state index >= 15 is 0 Å². The summed E-state index contributed by atoms with van der Waals surface area (Å²) in [5, 5.41) is 29.8. The van der Waals surface area contributed by atoms with E-state index in [1.165, 1.54) is 17.3 Å². The van der Waals surface area contributed by atoms with Crippen LogP contribution in [0.25, 0.3) is 0 Å². The number of hydrogen-bond donors (Lipinski definition) is 3. The Morgan fingerprint density at radius 3 is 2.62 bits per heavy atom. The summed E-state index contributed by atoms with van der Waals surface area (Å²) in [4.78, 5) is 3.01. The van der Waals surface area contributed by atoms with Gasteiger partial charge in [-0.2, -0.15) is 0 Å². The molecule has 3 rings (SSSR count). The Labute approximate surface area is 146 Å². The van der Waals surface area contributed by atoms with E-state index in [9.17, 15) is 15.3 Å². The van der Waals surface area contributed by atoms with Crippen molar-refractivity contribution in [2.24, 2.45) is 0 Å². The van der Waals surface area contributed by atoms with Gasteiger partial charge in [-0.05, 0) is 35.4 Å². The van der Waals surface area contributed by atoms with Gasteiger partial charge in [0.1, 0.15) is 0 Å². The van der Waals surface area contributed by atoms with Crippen molar-refractivity contribution in [2.75, 3.05) is 32.5 Å². The standard InChI is InChI=1S/C19H23NO3S/c1-24-19-14-7-8-20(9-10-21)12-16(13-5-3-2-4-6-13)15(14)11-17(22)18(19)23/h2-6,11,16,21-23H,7-10,12H2,1H3. The topological polar surface area (TPSA) is 63.9 Å². The molecule has 24 heavy (non-hydrogen) atoms. The minimum Gasteiger partial charge on any atom is -0.504 e. The maximum Gasteiger partial charge on any atom is 0.171 e. The summed E-state index contributed by atoms with van der Waals surface area (Å²) in [7, 11) is 0. The molecule has 128 valence electrons. The fraction of sp³-hybridized carbons (Fsp3) is 0.368. The molecule has 1 unspecified atom stereocenters. The van der Waals surface area contributed by atoms with Crippen molar-refractivity contribution in [2.45, 2.75) is 17.2 Å². The van der Waals surface area contributed by atoms with E-state index in [0.29, 0.717) is 6.54 Å². The highest BCUT2D eigenvalue weighted by Gasteiger charge is 2.28. The van der Waals surface area contributed by atoms with Crippen LogP contribution in [0.3, 0.4) is 0 Å². The number of benzene rings is 2. The second-order valence-electron chi connectivity index (χ2n) is 6.08. The molecule has 1 aliphatic rings. The molecule has 0 fully saturated rings. The SMILES string of the molecule is CSc1c(O)c(O)cc2c1CCN(CCO)CC2c1ccccc1. The lowest BCUT2D eigenvalue weighted by Gasteiger charge is -2.25. The molecule has 0 amide bonds. The minimum atomic E-state index is -0.0605. The van der Waals surface area contributed by atoms with Crippen molar-refractivity contribution in [3.63, 3.8) is 0 Å². The smallest absolute Gasteiger partial charge is 0.171 e. The highest BCUT2D eigenvalue weighted by molar-refractivity contribution is 7.98. The molecule has 2 aromatic rings. The van der Waals surface area contributed by atoms with Crippen LogP contribution in [0.5, 0.6) is 11.5 Å². The lowest BCUT2D eigenvalue weighted by atomic mass is 9.87.